The summed E-state index contributed by atoms with van der Waals surface area (Å²) in [7, 11) is -2.04. The normalized spacial score (nSPS) is 26.1. The Bertz CT molecular complexity index is 1180. The largest absolute Gasteiger partial charge is 0.333 e. The van der Waals surface area contributed by atoms with Gasteiger partial charge in [-0.15, -0.1) is 0 Å². The maximum Gasteiger partial charge on any atom is 0.255 e. The summed E-state index contributed by atoms with van der Waals surface area (Å²) >= 11 is 0. The van der Waals surface area contributed by atoms with Crippen LogP contribution >= 0.6 is 17.1 Å². The smallest absolute Gasteiger partial charge is 0.255 e. The summed E-state index contributed by atoms with van der Waals surface area (Å²) in [5.41, 5.74) is -0.358. The molecule has 0 unspecified atom stereocenters. The van der Waals surface area contributed by atoms with Crippen LogP contribution in [0.2, 0.25) is 0 Å². The maximum absolute atomic E-state index is 12.3. The Morgan fingerprint density at radius 2 is 0.667 bits per heavy atom. The Balaban J connectivity index is 0.871. The lowest BCUT2D eigenvalue weighted by Crippen LogP contribution is -2.62. The molecule has 0 saturated carbocycles. The minimum absolute atomic E-state index is 0.0429. The van der Waals surface area contributed by atoms with Gasteiger partial charge in [0.05, 0.1) is 31.8 Å². The van der Waals surface area contributed by atoms with Crippen LogP contribution < -0.4 is 10.2 Å². The maximum atomic E-state index is 12.3. The molecule has 12 heteroatoms. The quantitative estimate of drug-likeness (QED) is 0.0591. The van der Waals surface area contributed by atoms with Crippen LogP contribution in [0.15, 0.2) is 0 Å². The van der Waals surface area contributed by atoms with Crippen molar-refractivity contribution < 1.29 is 27.7 Å². The summed E-state index contributed by atoms with van der Waals surface area (Å²) in [6.07, 6.45) is 33.5. The lowest BCUT2D eigenvalue weighted by Gasteiger charge is -2.55. The molecule has 2 amide bonds. The average molecular weight is 925 g/mol. The number of carbonyl (C=O) groups is 2. The van der Waals surface area contributed by atoms with Crippen LogP contribution in [0, 0.1) is 17.3 Å². The number of hydrogen-bond donors (Lipinski definition) is 2. The fraction of sp³-hybridized carbons (Fsp3) is 0.961. The van der Waals surface area contributed by atoms with Gasteiger partial charge < -0.3 is 27.9 Å². The number of amides is 2. The van der Waals surface area contributed by atoms with Crippen LogP contribution in [0.25, 0.3) is 0 Å². The first-order chi connectivity index (χ1) is 29.9. The van der Waals surface area contributed by atoms with Crippen molar-refractivity contribution in [2.45, 2.75) is 258 Å². The van der Waals surface area contributed by atoms with Crippen LogP contribution in [-0.2, 0) is 27.7 Å². The first-order valence-corrected chi connectivity index (χ1v) is 28.4. The Labute approximate surface area is 390 Å². The molecule has 4 aliphatic heterocycles. The van der Waals surface area contributed by atoms with Crippen molar-refractivity contribution in [3.8, 4) is 0 Å². The van der Waals surface area contributed by atoms with E-state index in [0.717, 1.165) is 50.6 Å². The molecule has 10 nitrogen and oxygen atoms in total. The van der Waals surface area contributed by atoms with E-state index in [0.29, 0.717) is 26.4 Å². The number of nitrogens with one attached hydrogen (secondary N) is 2. The van der Waals surface area contributed by atoms with Crippen molar-refractivity contribution in [3.63, 3.8) is 0 Å². The molecule has 0 atom stereocenters. The molecular formula is C51H98N4O6P2. The van der Waals surface area contributed by atoms with E-state index in [2.05, 4.69) is 75.4 Å². The molecule has 1 spiro atoms. The number of rotatable bonds is 28. The molecule has 4 heterocycles. The molecule has 63 heavy (non-hydrogen) atoms. The van der Waals surface area contributed by atoms with Crippen LogP contribution in [0.3, 0.4) is 0 Å². The Hall–Kier alpha value is -0.440. The molecule has 0 aliphatic carbocycles. The van der Waals surface area contributed by atoms with E-state index < -0.39 is 17.1 Å². The van der Waals surface area contributed by atoms with Gasteiger partial charge in [-0.3, -0.25) is 19.8 Å². The monoisotopic (exact) mass is 925 g/mol. The molecular weight excluding hydrogens is 827 g/mol. The van der Waals surface area contributed by atoms with Crippen molar-refractivity contribution in [2.75, 3.05) is 39.5 Å². The van der Waals surface area contributed by atoms with Crippen molar-refractivity contribution in [1.29, 1.82) is 0 Å². The zero-order chi connectivity index (χ0) is 46.0. The standard InChI is InChI=1S/C51H98N4O6P2/c1-43(56)54-47(3,4)35-45(36-48(54,5)6)31-27-23-19-15-11-13-17-21-25-29-33-52-62-58-39-51(40-59-62)41-60-63(61-42-51)53-34-30-26-22-18-14-12-16-20-24-28-32-46-37-49(7,8)55(44(2)57)50(9,10)38-46/h45-46,52-53H,11-42H2,1-10H3. The van der Waals surface area contributed by atoms with Gasteiger partial charge in [-0.25, -0.2) is 0 Å². The van der Waals surface area contributed by atoms with Gasteiger partial charge in [-0.1, -0.05) is 128 Å². The lowest BCUT2D eigenvalue weighted by atomic mass is 9.72. The molecule has 0 aromatic heterocycles. The van der Waals surface area contributed by atoms with Gasteiger partial charge in [-0.2, -0.15) is 0 Å². The lowest BCUT2D eigenvalue weighted by molar-refractivity contribution is -0.150. The van der Waals surface area contributed by atoms with Crippen LogP contribution in [0.1, 0.15) is 236 Å². The highest BCUT2D eigenvalue weighted by atomic mass is 31.2. The third-order valence-corrected chi connectivity index (χ3v) is 17.1. The van der Waals surface area contributed by atoms with Gasteiger partial charge in [0, 0.05) is 49.1 Å². The van der Waals surface area contributed by atoms with E-state index in [1.807, 2.05) is 0 Å². The third kappa shape index (κ3) is 18.9. The first kappa shape index (κ1) is 55.2. The highest BCUT2D eigenvalue weighted by Crippen LogP contribution is 2.50. The number of piperidine rings is 2. The van der Waals surface area contributed by atoms with E-state index in [1.165, 1.54) is 141 Å². The second-order valence-corrected chi connectivity index (χ2v) is 25.8. The molecule has 0 radical (unpaired) electrons. The molecule has 4 saturated heterocycles. The van der Waals surface area contributed by atoms with Gasteiger partial charge in [0.25, 0.3) is 17.1 Å². The van der Waals surface area contributed by atoms with Crippen LogP contribution in [0.4, 0.5) is 0 Å². The van der Waals surface area contributed by atoms with Gasteiger partial charge in [0.1, 0.15) is 0 Å². The van der Waals surface area contributed by atoms with E-state index in [4.69, 9.17) is 18.1 Å². The van der Waals surface area contributed by atoms with Gasteiger partial charge >= 0.3 is 0 Å². The summed E-state index contributed by atoms with van der Waals surface area (Å²) in [4.78, 5) is 28.9. The third-order valence-electron chi connectivity index (χ3n) is 14.7. The van der Waals surface area contributed by atoms with Crippen molar-refractivity contribution >= 4 is 28.9 Å². The van der Waals surface area contributed by atoms with E-state index >= 15 is 0 Å². The topological polar surface area (TPSA) is 102 Å². The number of nitrogens with zero attached hydrogens (tertiary/aromatic N) is 2. The molecule has 4 rings (SSSR count). The van der Waals surface area contributed by atoms with E-state index in [9.17, 15) is 9.59 Å². The summed E-state index contributed by atoms with van der Waals surface area (Å²) in [5.74, 6) is 1.89. The molecule has 0 aromatic carbocycles. The van der Waals surface area contributed by atoms with Crippen molar-refractivity contribution in [1.82, 2.24) is 20.0 Å². The Kier molecular flexibility index (Phi) is 23.6. The molecule has 0 aromatic rings. The van der Waals surface area contributed by atoms with E-state index in [-0.39, 0.29) is 39.4 Å². The van der Waals surface area contributed by atoms with Crippen LogP contribution in [-0.4, -0.2) is 83.3 Å². The SMILES string of the molecule is CC(=O)N1C(C)(C)CC(CCCCCCCCCCCCNP2OCC3(CO2)COP(NCCCCCCCCCCCCC2CC(C)(C)N(C(C)=O)C(C)(C)C2)OC3)CC1(C)C. The molecule has 4 fully saturated rings. The number of carbonyl (C=O) groups excluding carboxylic acids is 2. The summed E-state index contributed by atoms with van der Waals surface area (Å²) in [6.45, 7) is 25.9. The minimum Gasteiger partial charge on any atom is -0.333 e. The average Bonchev–Trinajstić information content (AvgIpc) is 3.17. The first-order valence-electron chi connectivity index (χ1n) is 26.1. The zero-order valence-corrected chi connectivity index (χ0v) is 44.3. The van der Waals surface area contributed by atoms with Gasteiger partial charge in [0.2, 0.25) is 11.8 Å². The zero-order valence-electron chi connectivity index (χ0n) is 42.5. The second-order valence-electron chi connectivity index (χ2n) is 23.1. The predicted molar refractivity (Wildman–Crippen MR) is 264 cm³/mol. The predicted octanol–water partition coefficient (Wildman–Crippen LogP) is 13.9. The van der Waals surface area contributed by atoms with Gasteiger partial charge in [-0.05, 0) is 106 Å². The van der Waals surface area contributed by atoms with Gasteiger partial charge in [0.15, 0.2) is 0 Å². The highest BCUT2D eigenvalue weighted by molar-refractivity contribution is 7.45. The van der Waals surface area contributed by atoms with Crippen molar-refractivity contribution in [2.24, 2.45) is 17.3 Å². The van der Waals surface area contributed by atoms with Crippen LogP contribution in [0.5, 0.6) is 0 Å². The molecule has 4 aliphatic rings. The van der Waals surface area contributed by atoms with Crippen molar-refractivity contribution in [3.05, 3.63) is 0 Å². The highest BCUT2D eigenvalue weighted by Gasteiger charge is 2.48. The fourth-order valence-corrected chi connectivity index (χ4v) is 15.4. The summed E-state index contributed by atoms with van der Waals surface area (Å²) in [6, 6.07) is 0. The number of hydrogen-bond acceptors (Lipinski definition) is 8. The molecule has 0 bridgehead atoms. The van der Waals surface area contributed by atoms with E-state index in [1.54, 1.807) is 13.8 Å². The Morgan fingerprint density at radius 3 is 0.921 bits per heavy atom. The number of unbranched alkanes of at least 4 members (excludes halogenated alkanes) is 18. The molecule has 368 valence electrons. The summed E-state index contributed by atoms with van der Waals surface area (Å²) in [5, 5.41) is 7.02. The minimum atomic E-state index is -1.02. The number of likely N-dealkylation sites (tertiary alicyclic amines) is 2. The second kappa shape index (κ2) is 26.9. The molecule has 2 N–H and O–H groups in total. The fourth-order valence-electron chi connectivity index (χ4n) is 12.7. The summed E-state index contributed by atoms with van der Waals surface area (Å²) < 4.78 is 24.5. The Morgan fingerprint density at radius 1 is 0.429 bits per heavy atom.